The standard InChI is InChI=1S/C22H25Cl2N3O6/c1-6-32-15-8-9-16(33-7-2)21(19(15)24)25-22(29)20(12(3)28)27-26-14-11-18(31-5)17(30-4)10-13(14)23/h8-11,20H,6-7H2,1-5H3,(H,25,29). The van der Waals surface area contributed by atoms with E-state index in [9.17, 15) is 9.59 Å². The minimum absolute atomic E-state index is 0.137. The predicted molar refractivity (Wildman–Crippen MR) is 126 cm³/mol. The lowest BCUT2D eigenvalue weighted by Gasteiger charge is -2.17. The normalized spacial score (nSPS) is 11.7. The number of anilines is 1. The molecule has 2 rings (SSSR count). The highest BCUT2D eigenvalue weighted by molar-refractivity contribution is 6.36. The molecule has 0 fully saturated rings. The van der Waals surface area contributed by atoms with E-state index in [1.165, 1.54) is 33.3 Å². The average molecular weight is 498 g/mol. The SMILES string of the molecule is CCOc1ccc(OCC)c(NC(=O)C(N=Nc2cc(OC)c(OC)cc2Cl)C(C)=O)c1Cl. The molecule has 0 radical (unpaired) electrons. The van der Waals surface area contributed by atoms with Gasteiger partial charge in [0.1, 0.15) is 27.9 Å². The van der Waals surface area contributed by atoms with Crippen molar-refractivity contribution in [2.24, 2.45) is 10.2 Å². The van der Waals surface area contributed by atoms with E-state index < -0.39 is 17.7 Å². The number of nitrogens with one attached hydrogen (secondary N) is 1. The fourth-order valence-corrected chi connectivity index (χ4v) is 3.20. The molecule has 0 bridgehead atoms. The number of hydrogen-bond donors (Lipinski definition) is 1. The number of hydrogen-bond acceptors (Lipinski definition) is 8. The molecular weight excluding hydrogens is 473 g/mol. The van der Waals surface area contributed by atoms with Crippen LogP contribution in [0.5, 0.6) is 23.0 Å². The summed E-state index contributed by atoms with van der Waals surface area (Å²) in [5.41, 5.74) is 0.361. The van der Waals surface area contributed by atoms with E-state index in [0.29, 0.717) is 36.2 Å². The third kappa shape index (κ3) is 6.49. The highest BCUT2D eigenvalue weighted by Gasteiger charge is 2.26. The Morgan fingerprint density at radius 1 is 0.970 bits per heavy atom. The number of methoxy groups -OCH3 is 2. The fraction of sp³-hybridized carbons (Fsp3) is 0.364. The van der Waals surface area contributed by atoms with Crippen LogP contribution in [0.25, 0.3) is 0 Å². The topological polar surface area (TPSA) is 108 Å². The number of carbonyl (C=O) groups excluding carboxylic acids is 2. The minimum Gasteiger partial charge on any atom is -0.493 e. The van der Waals surface area contributed by atoms with Crippen LogP contribution in [0.15, 0.2) is 34.5 Å². The summed E-state index contributed by atoms with van der Waals surface area (Å²) in [4.78, 5) is 25.1. The largest absolute Gasteiger partial charge is 0.493 e. The van der Waals surface area contributed by atoms with Crippen LogP contribution in [0.3, 0.4) is 0 Å². The van der Waals surface area contributed by atoms with E-state index in [1.807, 2.05) is 0 Å². The molecule has 1 amide bonds. The molecule has 0 spiro atoms. The molecule has 1 atom stereocenters. The summed E-state index contributed by atoms with van der Waals surface area (Å²) in [7, 11) is 2.92. The van der Waals surface area contributed by atoms with Gasteiger partial charge in [0.2, 0.25) is 6.04 Å². The molecule has 0 aliphatic carbocycles. The van der Waals surface area contributed by atoms with E-state index >= 15 is 0 Å². The monoisotopic (exact) mass is 497 g/mol. The van der Waals surface area contributed by atoms with Gasteiger partial charge in [-0.2, -0.15) is 10.2 Å². The van der Waals surface area contributed by atoms with Gasteiger partial charge in [-0.3, -0.25) is 9.59 Å². The molecule has 0 aromatic heterocycles. The number of halogens is 2. The first-order chi connectivity index (χ1) is 15.8. The number of ketones is 1. The van der Waals surface area contributed by atoms with Crippen molar-refractivity contribution in [1.29, 1.82) is 0 Å². The van der Waals surface area contributed by atoms with E-state index in [-0.39, 0.29) is 21.4 Å². The summed E-state index contributed by atoms with van der Waals surface area (Å²) < 4.78 is 21.4. The van der Waals surface area contributed by atoms with Crippen molar-refractivity contribution in [3.05, 3.63) is 34.3 Å². The zero-order valence-corrected chi connectivity index (χ0v) is 20.4. The number of nitrogens with zero attached hydrogens (tertiary/aromatic N) is 2. The number of rotatable bonds is 11. The molecule has 33 heavy (non-hydrogen) atoms. The van der Waals surface area contributed by atoms with E-state index in [2.05, 4.69) is 15.5 Å². The molecule has 0 saturated heterocycles. The molecule has 1 N–H and O–H groups in total. The maximum atomic E-state index is 12.9. The van der Waals surface area contributed by atoms with Gasteiger partial charge in [0.15, 0.2) is 17.3 Å². The first-order valence-corrected chi connectivity index (χ1v) is 10.7. The van der Waals surface area contributed by atoms with Crippen LogP contribution in [0.2, 0.25) is 10.0 Å². The Hall–Kier alpha value is -3.04. The van der Waals surface area contributed by atoms with Gasteiger partial charge in [0, 0.05) is 12.1 Å². The lowest BCUT2D eigenvalue weighted by Crippen LogP contribution is -2.32. The average Bonchev–Trinajstić information content (AvgIpc) is 2.78. The molecule has 178 valence electrons. The van der Waals surface area contributed by atoms with Gasteiger partial charge < -0.3 is 24.3 Å². The number of Topliss-reactive ketones (excluding diaryl/α,β-unsaturated/α-hetero) is 1. The van der Waals surface area contributed by atoms with E-state index in [1.54, 1.807) is 26.0 Å². The van der Waals surface area contributed by atoms with E-state index in [4.69, 9.17) is 42.1 Å². The zero-order valence-electron chi connectivity index (χ0n) is 18.9. The molecule has 11 heteroatoms. The maximum absolute atomic E-state index is 12.9. The molecule has 0 aliphatic rings. The van der Waals surface area contributed by atoms with Crippen LogP contribution >= 0.6 is 23.2 Å². The van der Waals surface area contributed by atoms with Gasteiger partial charge in [0.05, 0.1) is 32.5 Å². The number of ether oxygens (including phenoxy) is 4. The first-order valence-electron chi connectivity index (χ1n) is 9.99. The number of benzene rings is 2. The lowest BCUT2D eigenvalue weighted by molar-refractivity contribution is -0.126. The van der Waals surface area contributed by atoms with Crippen LogP contribution in [0, 0.1) is 0 Å². The van der Waals surface area contributed by atoms with Gasteiger partial charge >= 0.3 is 0 Å². The molecule has 1 unspecified atom stereocenters. The second kappa shape index (κ2) is 12.3. The van der Waals surface area contributed by atoms with Crippen LogP contribution < -0.4 is 24.3 Å². The smallest absolute Gasteiger partial charge is 0.258 e. The molecule has 2 aromatic carbocycles. The second-order valence-electron chi connectivity index (χ2n) is 6.49. The Kier molecular flexibility index (Phi) is 9.74. The van der Waals surface area contributed by atoms with Crippen molar-refractivity contribution in [1.82, 2.24) is 0 Å². The van der Waals surface area contributed by atoms with Crippen LogP contribution in [0.4, 0.5) is 11.4 Å². The van der Waals surface area contributed by atoms with E-state index in [0.717, 1.165) is 0 Å². The highest BCUT2D eigenvalue weighted by atomic mass is 35.5. The van der Waals surface area contributed by atoms with Crippen LogP contribution in [-0.4, -0.2) is 45.2 Å². The molecule has 9 nitrogen and oxygen atoms in total. The van der Waals surface area contributed by atoms with Crippen molar-refractivity contribution in [2.75, 3.05) is 32.8 Å². The first kappa shape index (κ1) is 26.2. The number of amides is 1. The number of carbonyl (C=O) groups is 2. The van der Waals surface area contributed by atoms with Gasteiger partial charge in [-0.05, 0) is 32.9 Å². The van der Waals surface area contributed by atoms with Crippen molar-refractivity contribution in [2.45, 2.75) is 26.8 Å². The van der Waals surface area contributed by atoms with Crippen molar-refractivity contribution in [3.8, 4) is 23.0 Å². The second-order valence-corrected chi connectivity index (χ2v) is 7.28. The van der Waals surface area contributed by atoms with Crippen molar-refractivity contribution in [3.63, 3.8) is 0 Å². The minimum atomic E-state index is -1.46. The summed E-state index contributed by atoms with van der Waals surface area (Å²) >= 11 is 12.6. The third-order valence-electron chi connectivity index (χ3n) is 4.28. The summed E-state index contributed by atoms with van der Waals surface area (Å²) in [5.74, 6) is 0.148. The highest BCUT2D eigenvalue weighted by Crippen LogP contribution is 2.40. The molecule has 0 aliphatic heterocycles. The van der Waals surface area contributed by atoms with Crippen molar-refractivity contribution < 1.29 is 28.5 Å². The maximum Gasteiger partial charge on any atom is 0.258 e. The Labute approximate surface area is 202 Å². The predicted octanol–water partition coefficient (Wildman–Crippen LogP) is 5.49. The number of azo groups is 1. The molecule has 0 heterocycles. The lowest BCUT2D eigenvalue weighted by atomic mass is 10.2. The van der Waals surface area contributed by atoms with Gasteiger partial charge in [-0.15, -0.1) is 0 Å². The zero-order chi connectivity index (χ0) is 24.5. The Morgan fingerprint density at radius 3 is 2.12 bits per heavy atom. The molecule has 0 saturated carbocycles. The Bertz CT molecular complexity index is 1050. The van der Waals surface area contributed by atoms with Gasteiger partial charge in [-0.25, -0.2) is 0 Å². The summed E-state index contributed by atoms with van der Waals surface area (Å²) in [6.07, 6.45) is 0. The third-order valence-corrected chi connectivity index (χ3v) is 4.96. The fourth-order valence-electron chi connectivity index (χ4n) is 2.75. The summed E-state index contributed by atoms with van der Waals surface area (Å²) in [6.45, 7) is 5.52. The molecule has 2 aromatic rings. The molecular formula is C22H25Cl2N3O6. The van der Waals surface area contributed by atoms with Gasteiger partial charge in [0.25, 0.3) is 5.91 Å². The quantitative estimate of drug-likeness (QED) is 0.324. The van der Waals surface area contributed by atoms with Crippen molar-refractivity contribution >= 4 is 46.3 Å². The Balaban J connectivity index is 2.37. The summed E-state index contributed by atoms with van der Waals surface area (Å²) in [5, 5.41) is 10.8. The summed E-state index contributed by atoms with van der Waals surface area (Å²) in [6, 6.07) is 4.76. The van der Waals surface area contributed by atoms with Crippen LogP contribution in [0.1, 0.15) is 20.8 Å². The van der Waals surface area contributed by atoms with Crippen LogP contribution in [-0.2, 0) is 9.59 Å². The Morgan fingerprint density at radius 2 is 1.55 bits per heavy atom. The van der Waals surface area contributed by atoms with Gasteiger partial charge in [-0.1, -0.05) is 23.2 Å².